The van der Waals surface area contributed by atoms with Crippen molar-refractivity contribution in [2.24, 2.45) is 0 Å². The number of hydrogen-bond acceptors (Lipinski definition) is 1. The summed E-state index contributed by atoms with van der Waals surface area (Å²) in [5.41, 5.74) is 0.616. The number of carbonyl (C=O) groups excluding carboxylic acids is 1. The van der Waals surface area contributed by atoms with Crippen molar-refractivity contribution in [1.29, 1.82) is 0 Å². The Morgan fingerprint density at radius 1 is 1.21 bits per heavy atom. The van der Waals surface area contributed by atoms with E-state index in [4.69, 9.17) is 11.6 Å². The van der Waals surface area contributed by atoms with Gasteiger partial charge in [0.05, 0.1) is 0 Å². The van der Waals surface area contributed by atoms with E-state index < -0.39 is 0 Å². The van der Waals surface area contributed by atoms with Crippen LogP contribution in [0.25, 0.3) is 10.8 Å². The van der Waals surface area contributed by atoms with Crippen LogP contribution < -0.4 is 0 Å². The van der Waals surface area contributed by atoms with Gasteiger partial charge in [-0.25, -0.2) is 0 Å². The molecule has 2 aromatic rings. The van der Waals surface area contributed by atoms with Crippen LogP contribution in [-0.4, -0.2) is 6.29 Å². The Kier molecular flexibility index (Phi) is 2.57. The second kappa shape index (κ2) is 3.71. The summed E-state index contributed by atoms with van der Waals surface area (Å²) < 4.78 is 0.760. The van der Waals surface area contributed by atoms with Gasteiger partial charge in [0.2, 0.25) is 0 Å². The van der Waals surface area contributed by atoms with E-state index in [0.717, 1.165) is 21.5 Å². The Morgan fingerprint density at radius 3 is 2.71 bits per heavy atom. The maximum atomic E-state index is 10.7. The van der Waals surface area contributed by atoms with Crippen LogP contribution in [0.5, 0.6) is 0 Å². The van der Waals surface area contributed by atoms with Crippen LogP contribution in [0.2, 0.25) is 5.02 Å². The lowest BCUT2D eigenvalue weighted by Crippen LogP contribution is -1.84. The van der Waals surface area contributed by atoms with Crippen LogP contribution in [0.15, 0.2) is 34.8 Å². The van der Waals surface area contributed by atoms with Crippen LogP contribution in [-0.2, 0) is 0 Å². The van der Waals surface area contributed by atoms with Crippen molar-refractivity contribution in [2.75, 3.05) is 0 Å². The highest BCUT2D eigenvalue weighted by molar-refractivity contribution is 9.10. The first-order valence-corrected chi connectivity index (χ1v) is 5.23. The fourth-order valence-corrected chi connectivity index (χ4v) is 2.46. The van der Waals surface area contributed by atoms with Crippen LogP contribution in [0, 0.1) is 0 Å². The van der Waals surface area contributed by atoms with Gasteiger partial charge in [-0.1, -0.05) is 29.8 Å². The van der Waals surface area contributed by atoms with Crippen LogP contribution in [0.3, 0.4) is 0 Å². The number of rotatable bonds is 1. The van der Waals surface area contributed by atoms with E-state index in [9.17, 15) is 4.79 Å². The largest absolute Gasteiger partial charge is 0.298 e. The quantitative estimate of drug-likeness (QED) is 0.713. The second-order valence-electron chi connectivity index (χ2n) is 2.92. The average molecular weight is 270 g/mol. The van der Waals surface area contributed by atoms with Gasteiger partial charge in [-0.05, 0) is 33.4 Å². The van der Waals surface area contributed by atoms with Crippen molar-refractivity contribution in [1.82, 2.24) is 0 Å². The van der Waals surface area contributed by atoms with Crippen molar-refractivity contribution in [3.63, 3.8) is 0 Å². The van der Waals surface area contributed by atoms with Gasteiger partial charge in [-0.3, -0.25) is 4.79 Å². The molecule has 0 radical (unpaired) electrons. The van der Waals surface area contributed by atoms with Gasteiger partial charge in [0.1, 0.15) is 0 Å². The van der Waals surface area contributed by atoms with E-state index in [1.54, 1.807) is 6.07 Å². The SMILES string of the molecule is O=Cc1ccc2cccc(Cl)c2c1Br. The van der Waals surface area contributed by atoms with E-state index >= 15 is 0 Å². The molecule has 14 heavy (non-hydrogen) atoms. The van der Waals surface area contributed by atoms with Gasteiger partial charge < -0.3 is 0 Å². The summed E-state index contributed by atoms with van der Waals surface area (Å²) in [6.07, 6.45) is 0.812. The summed E-state index contributed by atoms with van der Waals surface area (Å²) in [5.74, 6) is 0. The summed E-state index contributed by atoms with van der Waals surface area (Å²) in [5, 5.41) is 2.56. The number of carbonyl (C=O) groups is 1. The molecule has 3 heteroatoms. The molecule has 0 spiro atoms. The van der Waals surface area contributed by atoms with Crippen molar-refractivity contribution in [2.45, 2.75) is 0 Å². The fourth-order valence-electron chi connectivity index (χ4n) is 1.40. The minimum absolute atomic E-state index is 0.616. The smallest absolute Gasteiger partial charge is 0.151 e. The molecule has 0 aliphatic carbocycles. The lowest BCUT2D eigenvalue weighted by molar-refractivity contribution is 0.112. The van der Waals surface area contributed by atoms with E-state index in [2.05, 4.69) is 15.9 Å². The van der Waals surface area contributed by atoms with Crippen LogP contribution in [0.4, 0.5) is 0 Å². The molecule has 0 atom stereocenters. The standard InChI is InChI=1S/C11H6BrClO/c12-11-8(6-14)5-4-7-2-1-3-9(13)10(7)11/h1-6H. The Bertz CT molecular complexity index is 508. The molecular weight excluding hydrogens is 263 g/mol. The summed E-state index contributed by atoms with van der Waals surface area (Å²) in [6, 6.07) is 9.31. The van der Waals surface area contributed by atoms with Gasteiger partial charge in [0.25, 0.3) is 0 Å². The topological polar surface area (TPSA) is 17.1 Å². The highest BCUT2D eigenvalue weighted by atomic mass is 79.9. The number of hydrogen-bond donors (Lipinski definition) is 0. The Balaban J connectivity index is 2.93. The summed E-state index contributed by atoms with van der Waals surface area (Å²) in [4.78, 5) is 10.7. The number of benzene rings is 2. The zero-order valence-electron chi connectivity index (χ0n) is 7.13. The molecule has 2 aromatic carbocycles. The maximum absolute atomic E-state index is 10.7. The third-order valence-corrected chi connectivity index (χ3v) is 3.26. The Hall–Kier alpha value is -0.860. The van der Waals surface area contributed by atoms with Crippen LogP contribution in [0.1, 0.15) is 10.4 Å². The molecular formula is C11H6BrClO. The van der Waals surface area contributed by atoms with Crippen molar-refractivity contribution in [3.8, 4) is 0 Å². The van der Waals surface area contributed by atoms with E-state index in [1.165, 1.54) is 0 Å². The van der Waals surface area contributed by atoms with Crippen LogP contribution >= 0.6 is 27.5 Å². The average Bonchev–Trinajstić information content (AvgIpc) is 2.18. The minimum atomic E-state index is 0.616. The van der Waals surface area contributed by atoms with E-state index in [-0.39, 0.29) is 0 Å². The first-order valence-electron chi connectivity index (χ1n) is 4.06. The number of fused-ring (bicyclic) bond motifs is 1. The first-order chi connectivity index (χ1) is 6.74. The fraction of sp³-hybridized carbons (Fsp3) is 0. The lowest BCUT2D eigenvalue weighted by Gasteiger charge is -2.04. The second-order valence-corrected chi connectivity index (χ2v) is 4.12. The molecule has 0 saturated carbocycles. The van der Waals surface area contributed by atoms with Gasteiger partial charge in [-0.2, -0.15) is 0 Å². The molecule has 0 fully saturated rings. The van der Waals surface area contributed by atoms with Gasteiger partial charge in [0, 0.05) is 20.4 Å². The molecule has 0 N–H and O–H groups in total. The molecule has 0 aliphatic rings. The molecule has 0 saturated heterocycles. The third kappa shape index (κ3) is 1.45. The molecule has 1 nitrogen and oxygen atoms in total. The maximum Gasteiger partial charge on any atom is 0.151 e. The molecule has 0 unspecified atom stereocenters. The number of halogens is 2. The van der Waals surface area contributed by atoms with E-state index in [0.29, 0.717) is 10.6 Å². The zero-order valence-corrected chi connectivity index (χ0v) is 9.47. The molecule has 0 aromatic heterocycles. The molecule has 0 heterocycles. The Morgan fingerprint density at radius 2 is 2.00 bits per heavy atom. The van der Waals surface area contributed by atoms with E-state index in [1.807, 2.05) is 24.3 Å². The summed E-state index contributed by atoms with van der Waals surface area (Å²) >= 11 is 9.42. The first kappa shape index (κ1) is 9.69. The molecule has 2 rings (SSSR count). The normalized spacial score (nSPS) is 10.4. The number of aldehydes is 1. The predicted molar refractivity (Wildman–Crippen MR) is 62.0 cm³/mol. The zero-order chi connectivity index (χ0) is 10.1. The van der Waals surface area contributed by atoms with Crippen molar-refractivity contribution >= 4 is 44.6 Å². The highest BCUT2D eigenvalue weighted by Crippen LogP contribution is 2.32. The van der Waals surface area contributed by atoms with Gasteiger partial charge in [-0.15, -0.1) is 0 Å². The Labute approximate surface area is 94.8 Å². The minimum Gasteiger partial charge on any atom is -0.298 e. The molecule has 0 amide bonds. The summed E-state index contributed by atoms with van der Waals surface area (Å²) in [6.45, 7) is 0. The highest BCUT2D eigenvalue weighted by Gasteiger charge is 2.06. The molecule has 0 aliphatic heterocycles. The van der Waals surface area contributed by atoms with Crippen molar-refractivity contribution < 1.29 is 4.79 Å². The van der Waals surface area contributed by atoms with Gasteiger partial charge in [0.15, 0.2) is 6.29 Å². The lowest BCUT2D eigenvalue weighted by atomic mass is 10.1. The monoisotopic (exact) mass is 268 g/mol. The predicted octanol–water partition coefficient (Wildman–Crippen LogP) is 4.07. The molecule has 0 bridgehead atoms. The summed E-state index contributed by atoms with van der Waals surface area (Å²) in [7, 11) is 0. The van der Waals surface area contributed by atoms with Crippen molar-refractivity contribution in [3.05, 3.63) is 45.4 Å². The molecule has 70 valence electrons. The van der Waals surface area contributed by atoms with Gasteiger partial charge >= 0.3 is 0 Å². The third-order valence-electron chi connectivity index (χ3n) is 2.09.